The Morgan fingerprint density at radius 3 is 2.52 bits per heavy atom. The summed E-state index contributed by atoms with van der Waals surface area (Å²) in [5.74, 6) is -0.338. The number of nitrogens with zero attached hydrogens (tertiary/aromatic N) is 4. The summed E-state index contributed by atoms with van der Waals surface area (Å²) in [6.07, 6.45) is -3.08. The number of nitrogens with one attached hydrogen (secondary N) is 1. The van der Waals surface area contributed by atoms with Gasteiger partial charge in [-0.05, 0) is 35.0 Å². The number of tetrazole rings is 1. The van der Waals surface area contributed by atoms with Crippen molar-refractivity contribution < 1.29 is 18.0 Å². The molecule has 9 heteroatoms. The topological polar surface area (TPSA) is 72.7 Å². The minimum Gasteiger partial charge on any atom is -0.348 e. The van der Waals surface area contributed by atoms with E-state index >= 15 is 0 Å². The van der Waals surface area contributed by atoms with Crippen LogP contribution in [0.1, 0.15) is 24.1 Å². The van der Waals surface area contributed by atoms with Gasteiger partial charge < -0.3 is 5.32 Å². The van der Waals surface area contributed by atoms with Crippen LogP contribution in [0, 0.1) is 0 Å². The molecule has 1 atom stereocenters. The molecule has 0 aliphatic carbocycles. The lowest BCUT2D eigenvalue weighted by molar-refractivity contribution is -0.137. The number of carbonyl (C=O) groups excluding carboxylic acids is 1. The molecule has 1 N–H and O–H groups in total. The highest BCUT2D eigenvalue weighted by Crippen LogP contribution is 2.29. The Labute approximate surface area is 118 Å². The summed E-state index contributed by atoms with van der Waals surface area (Å²) >= 11 is 0. The van der Waals surface area contributed by atoms with E-state index in [9.17, 15) is 18.0 Å². The lowest BCUT2D eigenvalue weighted by Gasteiger charge is -2.15. The molecule has 0 aliphatic heterocycles. The molecule has 6 nitrogen and oxygen atoms in total. The Balaban J connectivity index is 1.96. The van der Waals surface area contributed by atoms with E-state index in [0.717, 1.165) is 12.1 Å². The van der Waals surface area contributed by atoms with Crippen molar-refractivity contribution in [3.05, 3.63) is 41.7 Å². The van der Waals surface area contributed by atoms with E-state index in [2.05, 4.69) is 20.8 Å². The molecule has 0 spiro atoms. The minimum atomic E-state index is -4.37. The molecule has 1 aromatic heterocycles. The zero-order valence-electron chi connectivity index (χ0n) is 11.0. The summed E-state index contributed by atoms with van der Waals surface area (Å²) in [6.45, 7) is 1.62. The highest BCUT2D eigenvalue weighted by atomic mass is 19.4. The van der Waals surface area contributed by atoms with Gasteiger partial charge >= 0.3 is 6.18 Å². The first-order valence-electron chi connectivity index (χ1n) is 6.03. The highest BCUT2D eigenvalue weighted by Gasteiger charge is 2.30. The van der Waals surface area contributed by atoms with Crippen LogP contribution >= 0.6 is 0 Å². The third kappa shape index (κ3) is 4.01. The summed E-state index contributed by atoms with van der Waals surface area (Å²) < 4.78 is 38.6. The van der Waals surface area contributed by atoms with Crippen molar-refractivity contribution in [1.82, 2.24) is 25.5 Å². The van der Waals surface area contributed by atoms with E-state index in [1.165, 1.54) is 23.1 Å². The molecule has 0 bridgehead atoms. The second-order valence-corrected chi connectivity index (χ2v) is 4.42. The van der Waals surface area contributed by atoms with Gasteiger partial charge in [0.2, 0.25) is 5.91 Å². The Kier molecular flexibility index (Phi) is 4.20. The molecular weight excluding hydrogens is 287 g/mol. The fraction of sp³-hybridized carbons (Fsp3) is 0.333. The smallest absolute Gasteiger partial charge is 0.348 e. The van der Waals surface area contributed by atoms with E-state index < -0.39 is 17.8 Å². The maximum absolute atomic E-state index is 12.5. The predicted molar refractivity (Wildman–Crippen MR) is 65.8 cm³/mol. The van der Waals surface area contributed by atoms with Gasteiger partial charge in [-0.1, -0.05) is 12.1 Å². The summed E-state index contributed by atoms with van der Waals surface area (Å²) in [7, 11) is 0. The molecule has 21 heavy (non-hydrogen) atoms. The number of hydrogen-bond donors (Lipinski definition) is 1. The van der Waals surface area contributed by atoms with Crippen molar-refractivity contribution in [2.75, 3.05) is 0 Å². The number of benzene rings is 1. The fourth-order valence-electron chi connectivity index (χ4n) is 1.73. The van der Waals surface area contributed by atoms with Gasteiger partial charge in [-0.25, -0.2) is 4.68 Å². The maximum Gasteiger partial charge on any atom is 0.416 e. The van der Waals surface area contributed by atoms with Crippen LogP contribution in [0.15, 0.2) is 30.6 Å². The molecule has 1 heterocycles. The van der Waals surface area contributed by atoms with Crippen LogP contribution in [-0.4, -0.2) is 26.1 Å². The molecule has 0 fully saturated rings. The highest BCUT2D eigenvalue weighted by molar-refractivity contribution is 5.76. The Bertz CT molecular complexity index is 594. The molecule has 0 saturated heterocycles. The number of carbonyl (C=O) groups is 1. The monoisotopic (exact) mass is 299 g/mol. The normalized spacial score (nSPS) is 13.0. The van der Waals surface area contributed by atoms with Crippen molar-refractivity contribution in [1.29, 1.82) is 0 Å². The summed E-state index contributed by atoms with van der Waals surface area (Å²) in [6, 6.07) is 4.23. The Morgan fingerprint density at radius 1 is 1.33 bits per heavy atom. The first kappa shape index (κ1) is 14.9. The van der Waals surface area contributed by atoms with Crippen molar-refractivity contribution in [2.45, 2.75) is 25.7 Å². The van der Waals surface area contributed by atoms with Crippen LogP contribution in [0.5, 0.6) is 0 Å². The summed E-state index contributed by atoms with van der Waals surface area (Å²) in [5.41, 5.74) is -0.147. The molecule has 1 amide bonds. The molecule has 112 valence electrons. The molecule has 0 radical (unpaired) electrons. The minimum absolute atomic E-state index is 0.0576. The zero-order chi connectivity index (χ0) is 15.5. The van der Waals surface area contributed by atoms with Crippen molar-refractivity contribution in [2.24, 2.45) is 0 Å². The molecule has 1 unspecified atom stereocenters. The number of halogens is 3. The zero-order valence-corrected chi connectivity index (χ0v) is 11.0. The van der Waals surface area contributed by atoms with Crippen LogP contribution < -0.4 is 5.32 Å². The van der Waals surface area contributed by atoms with Gasteiger partial charge in [0.1, 0.15) is 12.9 Å². The first-order valence-corrected chi connectivity index (χ1v) is 6.03. The molecular formula is C12H12F3N5O. The molecule has 2 rings (SSSR count). The predicted octanol–water partition coefficient (Wildman–Crippen LogP) is 1.57. The number of hydrogen-bond acceptors (Lipinski definition) is 4. The molecule has 0 saturated carbocycles. The lowest BCUT2D eigenvalue weighted by atomic mass is 10.1. The fourth-order valence-corrected chi connectivity index (χ4v) is 1.73. The Hall–Kier alpha value is -2.45. The van der Waals surface area contributed by atoms with Gasteiger partial charge in [-0.2, -0.15) is 13.2 Å². The summed E-state index contributed by atoms with van der Waals surface area (Å²) in [5, 5.41) is 13.0. The molecule has 1 aromatic carbocycles. The van der Waals surface area contributed by atoms with Gasteiger partial charge in [0.15, 0.2) is 0 Å². The third-order valence-electron chi connectivity index (χ3n) is 2.81. The second-order valence-electron chi connectivity index (χ2n) is 4.42. The van der Waals surface area contributed by atoms with E-state index in [0.29, 0.717) is 5.56 Å². The molecule has 2 aromatic rings. The van der Waals surface area contributed by atoms with E-state index in [-0.39, 0.29) is 12.5 Å². The second kappa shape index (κ2) is 5.90. The quantitative estimate of drug-likeness (QED) is 0.930. The van der Waals surface area contributed by atoms with E-state index in [1.54, 1.807) is 6.92 Å². The SMILES string of the molecule is CC(NC(=O)Cn1cnnn1)c1ccc(C(F)(F)F)cc1. The number of rotatable bonds is 4. The largest absolute Gasteiger partial charge is 0.416 e. The average molecular weight is 299 g/mol. The van der Waals surface area contributed by atoms with Gasteiger partial charge in [0, 0.05) is 0 Å². The Morgan fingerprint density at radius 2 is 2.00 bits per heavy atom. The van der Waals surface area contributed by atoms with Crippen LogP contribution in [0.4, 0.5) is 13.2 Å². The number of aromatic nitrogens is 4. The maximum atomic E-state index is 12.5. The van der Waals surface area contributed by atoms with Gasteiger partial charge in [-0.15, -0.1) is 5.10 Å². The van der Waals surface area contributed by atoms with Crippen LogP contribution in [0.3, 0.4) is 0 Å². The lowest BCUT2D eigenvalue weighted by Crippen LogP contribution is -2.30. The van der Waals surface area contributed by atoms with Crippen LogP contribution in [0.25, 0.3) is 0 Å². The van der Waals surface area contributed by atoms with Gasteiger partial charge in [-0.3, -0.25) is 4.79 Å². The first-order chi connectivity index (χ1) is 9.86. The van der Waals surface area contributed by atoms with Crippen molar-refractivity contribution in [3.63, 3.8) is 0 Å². The van der Waals surface area contributed by atoms with Gasteiger partial charge in [0.25, 0.3) is 0 Å². The van der Waals surface area contributed by atoms with E-state index in [4.69, 9.17) is 0 Å². The standard InChI is InChI=1S/C12H12F3N5O/c1-8(17-11(21)6-20-7-16-18-19-20)9-2-4-10(5-3-9)12(13,14)15/h2-5,7-8H,6H2,1H3,(H,17,21). The number of amides is 1. The number of alkyl halides is 3. The van der Waals surface area contributed by atoms with Crippen LogP contribution in [-0.2, 0) is 17.5 Å². The molecule has 0 aliphatic rings. The average Bonchev–Trinajstić information content (AvgIpc) is 2.90. The summed E-state index contributed by atoms with van der Waals surface area (Å²) in [4.78, 5) is 11.7. The van der Waals surface area contributed by atoms with Crippen molar-refractivity contribution in [3.8, 4) is 0 Å². The van der Waals surface area contributed by atoms with E-state index in [1.807, 2.05) is 0 Å². The third-order valence-corrected chi connectivity index (χ3v) is 2.81. The van der Waals surface area contributed by atoms with Gasteiger partial charge in [0.05, 0.1) is 11.6 Å². The van der Waals surface area contributed by atoms with Crippen LogP contribution in [0.2, 0.25) is 0 Å². The van der Waals surface area contributed by atoms with Crippen molar-refractivity contribution >= 4 is 5.91 Å².